The number of carbonyl (C=O) groups excluding carboxylic acids is 1. The van der Waals surface area contributed by atoms with Crippen molar-refractivity contribution in [3.05, 3.63) is 47.1 Å². The minimum absolute atomic E-state index is 0.0123. The van der Waals surface area contributed by atoms with Gasteiger partial charge in [-0.25, -0.2) is 0 Å². The summed E-state index contributed by atoms with van der Waals surface area (Å²) in [5.74, 6) is 0.849. The van der Waals surface area contributed by atoms with Gasteiger partial charge in [-0.2, -0.15) is 0 Å². The molecule has 116 valence electrons. The molecule has 0 saturated heterocycles. The molecule has 1 aliphatic rings. The Balaban J connectivity index is 1.81. The summed E-state index contributed by atoms with van der Waals surface area (Å²) in [4.78, 5) is 19.2. The van der Waals surface area contributed by atoms with Crippen molar-refractivity contribution in [2.45, 2.75) is 52.1 Å². The summed E-state index contributed by atoms with van der Waals surface area (Å²) in [5, 5.41) is 3.93. The average molecular weight is 299 g/mol. The Morgan fingerprint density at radius 1 is 1.41 bits per heavy atom. The third-order valence-electron chi connectivity index (χ3n) is 4.27. The molecule has 2 heterocycles. The summed E-state index contributed by atoms with van der Waals surface area (Å²) in [6, 6.07) is 6.15. The van der Waals surface area contributed by atoms with Crippen LogP contribution in [0.3, 0.4) is 0 Å². The first-order valence-electron chi connectivity index (χ1n) is 7.71. The minimum atomic E-state index is -0.0123. The van der Waals surface area contributed by atoms with E-state index >= 15 is 0 Å². The molecule has 5 heteroatoms. The summed E-state index contributed by atoms with van der Waals surface area (Å²) >= 11 is 0. The molecule has 1 amide bonds. The fraction of sp³-hybridized carbons (Fsp3) is 0.471. The summed E-state index contributed by atoms with van der Waals surface area (Å²) in [7, 11) is 0. The van der Waals surface area contributed by atoms with E-state index in [4.69, 9.17) is 4.52 Å². The van der Waals surface area contributed by atoms with Crippen LogP contribution in [0.4, 0.5) is 0 Å². The number of rotatable bonds is 5. The molecule has 1 atom stereocenters. The van der Waals surface area contributed by atoms with E-state index in [1.165, 1.54) is 0 Å². The van der Waals surface area contributed by atoms with Gasteiger partial charge in [0.1, 0.15) is 5.76 Å². The summed E-state index contributed by atoms with van der Waals surface area (Å²) < 4.78 is 5.16. The second-order valence-corrected chi connectivity index (χ2v) is 5.94. The summed E-state index contributed by atoms with van der Waals surface area (Å²) in [6.45, 7) is 5.78. The van der Waals surface area contributed by atoms with E-state index in [1.54, 1.807) is 6.20 Å². The third kappa shape index (κ3) is 2.89. The van der Waals surface area contributed by atoms with E-state index in [0.29, 0.717) is 12.5 Å². The van der Waals surface area contributed by atoms with Crippen molar-refractivity contribution in [1.82, 2.24) is 15.0 Å². The zero-order valence-corrected chi connectivity index (χ0v) is 13.2. The van der Waals surface area contributed by atoms with Gasteiger partial charge >= 0.3 is 0 Å². The Kier molecular flexibility index (Phi) is 3.96. The van der Waals surface area contributed by atoms with E-state index in [-0.39, 0.29) is 11.9 Å². The number of pyridine rings is 1. The molecule has 1 unspecified atom stereocenters. The SMILES string of the molecule is Cc1noc(C)c1CC(=O)N(C1CC1)C(C)c1ccccn1. The predicted molar refractivity (Wildman–Crippen MR) is 82.2 cm³/mol. The summed E-state index contributed by atoms with van der Waals surface area (Å²) in [5.41, 5.74) is 2.64. The standard InChI is InChI=1S/C17H21N3O2/c1-11-15(13(3)22-19-11)10-17(21)20(14-7-8-14)12(2)16-6-4-5-9-18-16/h4-6,9,12,14H,7-8,10H2,1-3H3. The molecule has 1 aliphatic carbocycles. The van der Waals surface area contributed by atoms with Gasteiger partial charge in [0.05, 0.1) is 23.9 Å². The predicted octanol–water partition coefficient (Wildman–Crippen LogP) is 2.98. The van der Waals surface area contributed by atoms with Crippen LogP contribution in [0.1, 0.15) is 48.5 Å². The first kappa shape index (κ1) is 14.8. The Bertz CT molecular complexity index is 642. The van der Waals surface area contributed by atoms with Gasteiger partial charge in [0.2, 0.25) is 5.91 Å². The van der Waals surface area contributed by atoms with Crippen molar-refractivity contribution in [3.8, 4) is 0 Å². The number of hydrogen-bond donors (Lipinski definition) is 0. The van der Waals surface area contributed by atoms with Crippen LogP contribution in [0, 0.1) is 13.8 Å². The van der Waals surface area contributed by atoms with E-state index in [0.717, 1.165) is 35.6 Å². The second kappa shape index (κ2) is 5.91. The minimum Gasteiger partial charge on any atom is -0.361 e. The highest BCUT2D eigenvalue weighted by Gasteiger charge is 2.37. The van der Waals surface area contributed by atoms with Crippen molar-refractivity contribution in [3.63, 3.8) is 0 Å². The third-order valence-corrected chi connectivity index (χ3v) is 4.27. The average Bonchev–Trinajstić information content (AvgIpc) is 3.30. The van der Waals surface area contributed by atoms with Crippen LogP contribution in [0.2, 0.25) is 0 Å². The molecular weight excluding hydrogens is 278 g/mol. The number of carbonyl (C=O) groups is 1. The van der Waals surface area contributed by atoms with Crippen LogP contribution in [0.15, 0.2) is 28.9 Å². The van der Waals surface area contributed by atoms with E-state index in [9.17, 15) is 4.79 Å². The molecule has 0 aliphatic heterocycles. The molecule has 2 aromatic rings. The Morgan fingerprint density at radius 3 is 2.73 bits per heavy atom. The highest BCUT2D eigenvalue weighted by molar-refractivity contribution is 5.80. The lowest BCUT2D eigenvalue weighted by Gasteiger charge is -2.29. The summed E-state index contributed by atoms with van der Waals surface area (Å²) in [6.07, 6.45) is 4.26. The van der Waals surface area contributed by atoms with Crippen LogP contribution in [0.25, 0.3) is 0 Å². The Morgan fingerprint density at radius 2 is 2.18 bits per heavy atom. The van der Waals surface area contributed by atoms with E-state index in [2.05, 4.69) is 10.1 Å². The maximum absolute atomic E-state index is 12.8. The quantitative estimate of drug-likeness (QED) is 0.851. The van der Waals surface area contributed by atoms with E-state index < -0.39 is 0 Å². The molecule has 0 radical (unpaired) electrons. The van der Waals surface area contributed by atoms with Gasteiger partial charge in [-0.3, -0.25) is 9.78 Å². The Hall–Kier alpha value is -2.17. The number of hydrogen-bond acceptors (Lipinski definition) is 4. The van der Waals surface area contributed by atoms with Gasteiger partial charge < -0.3 is 9.42 Å². The van der Waals surface area contributed by atoms with Crippen LogP contribution >= 0.6 is 0 Å². The normalized spacial score (nSPS) is 15.6. The van der Waals surface area contributed by atoms with Gasteiger partial charge in [-0.15, -0.1) is 0 Å². The molecule has 0 N–H and O–H groups in total. The number of amides is 1. The smallest absolute Gasteiger partial charge is 0.228 e. The molecule has 0 spiro atoms. The molecule has 0 bridgehead atoms. The van der Waals surface area contributed by atoms with Crippen molar-refractivity contribution < 1.29 is 9.32 Å². The monoisotopic (exact) mass is 299 g/mol. The van der Waals surface area contributed by atoms with Crippen LogP contribution < -0.4 is 0 Å². The van der Waals surface area contributed by atoms with Crippen molar-refractivity contribution in [2.24, 2.45) is 0 Å². The number of aromatic nitrogens is 2. The topological polar surface area (TPSA) is 59.2 Å². The van der Waals surface area contributed by atoms with Crippen molar-refractivity contribution in [1.29, 1.82) is 0 Å². The highest BCUT2D eigenvalue weighted by atomic mass is 16.5. The largest absolute Gasteiger partial charge is 0.361 e. The fourth-order valence-corrected chi connectivity index (χ4v) is 2.85. The second-order valence-electron chi connectivity index (χ2n) is 5.94. The molecular formula is C17H21N3O2. The lowest BCUT2D eigenvalue weighted by Crippen LogP contribution is -2.37. The Labute approximate surface area is 130 Å². The number of nitrogens with zero attached hydrogens (tertiary/aromatic N) is 3. The lowest BCUT2D eigenvalue weighted by atomic mass is 10.1. The molecule has 5 nitrogen and oxygen atoms in total. The molecule has 2 aromatic heterocycles. The van der Waals surface area contributed by atoms with Gasteiger partial charge in [-0.05, 0) is 45.7 Å². The van der Waals surface area contributed by atoms with Crippen molar-refractivity contribution >= 4 is 5.91 Å². The maximum Gasteiger partial charge on any atom is 0.228 e. The van der Waals surface area contributed by atoms with Crippen molar-refractivity contribution in [2.75, 3.05) is 0 Å². The zero-order chi connectivity index (χ0) is 15.7. The van der Waals surface area contributed by atoms with Gasteiger partial charge in [-0.1, -0.05) is 11.2 Å². The maximum atomic E-state index is 12.8. The lowest BCUT2D eigenvalue weighted by molar-refractivity contribution is -0.133. The fourth-order valence-electron chi connectivity index (χ4n) is 2.85. The molecule has 1 saturated carbocycles. The van der Waals surface area contributed by atoms with Gasteiger partial charge in [0.15, 0.2) is 0 Å². The first-order chi connectivity index (χ1) is 10.6. The zero-order valence-electron chi connectivity index (χ0n) is 13.2. The van der Waals surface area contributed by atoms with Crippen LogP contribution in [0.5, 0.6) is 0 Å². The molecule has 22 heavy (non-hydrogen) atoms. The van der Waals surface area contributed by atoms with E-state index in [1.807, 2.05) is 43.9 Å². The van der Waals surface area contributed by atoms with Crippen LogP contribution in [-0.4, -0.2) is 27.0 Å². The van der Waals surface area contributed by atoms with Gasteiger partial charge in [0, 0.05) is 17.8 Å². The van der Waals surface area contributed by atoms with Gasteiger partial charge in [0.25, 0.3) is 0 Å². The number of aryl methyl sites for hydroxylation is 2. The molecule has 1 fully saturated rings. The molecule has 0 aromatic carbocycles. The first-order valence-corrected chi connectivity index (χ1v) is 7.71. The molecule has 3 rings (SSSR count). The highest BCUT2D eigenvalue weighted by Crippen LogP contribution is 2.34. The van der Waals surface area contributed by atoms with Crippen LogP contribution in [-0.2, 0) is 11.2 Å².